The topological polar surface area (TPSA) is 58.6 Å². The van der Waals surface area contributed by atoms with E-state index < -0.39 is 17.8 Å². The summed E-state index contributed by atoms with van der Waals surface area (Å²) in [6.07, 6.45) is -0.610. The van der Waals surface area contributed by atoms with Gasteiger partial charge in [0.25, 0.3) is 5.91 Å². The van der Waals surface area contributed by atoms with Crippen LogP contribution in [0.4, 0.5) is 10.1 Å². The molecule has 0 aliphatic rings. The Hall–Kier alpha value is -2.40. The first-order valence-corrected chi connectivity index (χ1v) is 6.51. The van der Waals surface area contributed by atoms with E-state index in [1.165, 1.54) is 12.1 Å². The number of halogens is 1. The fourth-order valence-corrected chi connectivity index (χ4v) is 1.76. The fraction of sp³-hybridized carbons (Fsp3) is 0.188. The highest BCUT2D eigenvalue weighted by molar-refractivity contribution is 5.91. The molecule has 0 aliphatic carbocycles. The number of carbonyl (C=O) groups excluding carboxylic acids is 1. The van der Waals surface area contributed by atoms with Gasteiger partial charge in [0.05, 0.1) is 11.8 Å². The summed E-state index contributed by atoms with van der Waals surface area (Å²) >= 11 is 0. The highest BCUT2D eigenvalue weighted by Crippen LogP contribution is 2.19. The Labute approximate surface area is 122 Å². The lowest BCUT2D eigenvalue weighted by Crippen LogP contribution is -2.20. The number of aliphatic hydroxyl groups excluding tert-OH is 1. The Kier molecular flexibility index (Phi) is 4.90. The molecule has 0 heterocycles. The van der Waals surface area contributed by atoms with Gasteiger partial charge in [-0.25, -0.2) is 4.39 Å². The highest BCUT2D eigenvalue weighted by Gasteiger charge is 2.08. The lowest BCUT2D eigenvalue weighted by molar-refractivity contribution is -0.118. The summed E-state index contributed by atoms with van der Waals surface area (Å²) in [6, 6.07) is 12.7. The number of para-hydroxylation sites is 1. The number of carbonyl (C=O) groups is 1. The number of anilines is 1. The number of benzene rings is 2. The monoisotopic (exact) mass is 289 g/mol. The molecule has 0 saturated carbocycles. The third-order valence-corrected chi connectivity index (χ3v) is 2.86. The van der Waals surface area contributed by atoms with Crippen LogP contribution in [0.3, 0.4) is 0 Å². The molecule has 0 radical (unpaired) electrons. The van der Waals surface area contributed by atoms with Crippen LogP contribution in [0.25, 0.3) is 0 Å². The average Bonchev–Trinajstić information content (AvgIpc) is 2.48. The summed E-state index contributed by atoms with van der Waals surface area (Å²) in [5.74, 6) is -0.485. The Balaban J connectivity index is 1.92. The zero-order valence-corrected chi connectivity index (χ0v) is 11.5. The van der Waals surface area contributed by atoms with Crippen LogP contribution >= 0.6 is 0 Å². The van der Waals surface area contributed by atoms with Crippen LogP contribution in [-0.2, 0) is 4.79 Å². The summed E-state index contributed by atoms with van der Waals surface area (Å²) in [4.78, 5) is 11.7. The number of hydrogen-bond donors (Lipinski definition) is 2. The minimum Gasteiger partial charge on any atom is -0.484 e. The molecule has 0 bridgehead atoms. The maximum atomic E-state index is 13.4. The molecule has 0 unspecified atom stereocenters. The maximum absolute atomic E-state index is 13.4. The van der Waals surface area contributed by atoms with Crippen molar-refractivity contribution in [2.45, 2.75) is 13.0 Å². The highest BCUT2D eigenvalue weighted by atomic mass is 19.1. The predicted molar refractivity (Wildman–Crippen MR) is 77.6 cm³/mol. The van der Waals surface area contributed by atoms with Crippen molar-refractivity contribution >= 4 is 11.6 Å². The van der Waals surface area contributed by atoms with Crippen molar-refractivity contribution in [1.29, 1.82) is 0 Å². The van der Waals surface area contributed by atoms with Gasteiger partial charge in [0.15, 0.2) is 6.61 Å². The van der Waals surface area contributed by atoms with Crippen molar-refractivity contribution in [3.63, 3.8) is 0 Å². The molecule has 2 aromatic carbocycles. The molecule has 2 N–H and O–H groups in total. The molecule has 0 aromatic heterocycles. The fourth-order valence-electron chi connectivity index (χ4n) is 1.76. The quantitative estimate of drug-likeness (QED) is 0.889. The van der Waals surface area contributed by atoms with Gasteiger partial charge in [-0.05, 0) is 36.8 Å². The van der Waals surface area contributed by atoms with Gasteiger partial charge in [-0.2, -0.15) is 0 Å². The van der Waals surface area contributed by atoms with E-state index in [1.807, 2.05) is 0 Å². The molecule has 5 heteroatoms. The minimum atomic E-state index is -0.610. The van der Waals surface area contributed by atoms with Gasteiger partial charge < -0.3 is 15.2 Å². The second kappa shape index (κ2) is 6.85. The van der Waals surface area contributed by atoms with Crippen molar-refractivity contribution in [1.82, 2.24) is 0 Å². The molecule has 0 spiro atoms. The number of amides is 1. The average molecular weight is 289 g/mol. The Bertz CT molecular complexity index is 628. The van der Waals surface area contributed by atoms with Crippen LogP contribution in [0.15, 0.2) is 48.5 Å². The third kappa shape index (κ3) is 4.29. The van der Waals surface area contributed by atoms with Crippen molar-refractivity contribution in [3.8, 4) is 5.75 Å². The normalized spacial score (nSPS) is 11.8. The smallest absolute Gasteiger partial charge is 0.262 e. The van der Waals surface area contributed by atoms with E-state index in [4.69, 9.17) is 4.74 Å². The molecule has 0 aliphatic heterocycles. The zero-order chi connectivity index (χ0) is 15.2. The Morgan fingerprint density at radius 1 is 1.29 bits per heavy atom. The first kappa shape index (κ1) is 15.0. The van der Waals surface area contributed by atoms with E-state index in [0.717, 1.165) is 0 Å². The largest absolute Gasteiger partial charge is 0.484 e. The maximum Gasteiger partial charge on any atom is 0.262 e. The van der Waals surface area contributed by atoms with E-state index in [2.05, 4.69) is 5.32 Å². The molecular weight excluding hydrogens is 273 g/mol. The van der Waals surface area contributed by atoms with Gasteiger partial charge in [0.1, 0.15) is 11.6 Å². The third-order valence-electron chi connectivity index (χ3n) is 2.86. The number of ether oxygens (including phenoxy) is 1. The van der Waals surface area contributed by atoms with Crippen LogP contribution in [0, 0.1) is 5.82 Å². The molecule has 1 amide bonds. The second-order valence-electron chi connectivity index (χ2n) is 4.57. The van der Waals surface area contributed by atoms with Crippen molar-refractivity contribution in [3.05, 3.63) is 59.9 Å². The van der Waals surface area contributed by atoms with E-state index in [1.54, 1.807) is 43.3 Å². The Morgan fingerprint density at radius 3 is 2.76 bits per heavy atom. The second-order valence-corrected chi connectivity index (χ2v) is 4.57. The van der Waals surface area contributed by atoms with E-state index in [0.29, 0.717) is 11.3 Å². The molecule has 0 saturated heterocycles. The molecule has 1 atom stereocenters. The van der Waals surface area contributed by atoms with Crippen molar-refractivity contribution in [2.24, 2.45) is 0 Å². The molecule has 0 fully saturated rings. The molecule has 110 valence electrons. The van der Waals surface area contributed by atoms with E-state index >= 15 is 0 Å². The SMILES string of the molecule is C[C@@H](O)c1cccc(OCC(=O)Nc2ccccc2F)c1. The number of nitrogens with one attached hydrogen (secondary N) is 1. The lowest BCUT2D eigenvalue weighted by atomic mass is 10.1. The van der Waals surface area contributed by atoms with Gasteiger partial charge in [0.2, 0.25) is 0 Å². The van der Waals surface area contributed by atoms with Gasteiger partial charge in [-0.1, -0.05) is 24.3 Å². The van der Waals surface area contributed by atoms with Crippen LogP contribution in [0.5, 0.6) is 5.75 Å². The van der Waals surface area contributed by atoms with Crippen molar-refractivity contribution < 1.29 is 19.0 Å². The van der Waals surface area contributed by atoms with Crippen LogP contribution in [0.1, 0.15) is 18.6 Å². The number of aliphatic hydroxyl groups is 1. The van der Waals surface area contributed by atoms with Gasteiger partial charge >= 0.3 is 0 Å². The standard InChI is InChI=1S/C16H16FNO3/c1-11(19)12-5-4-6-13(9-12)21-10-16(20)18-15-8-3-2-7-14(15)17/h2-9,11,19H,10H2,1H3,(H,18,20)/t11-/m1/s1. The van der Waals surface area contributed by atoms with E-state index in [9.17, 15) is 14.3 Å². The van der Waals surface area contributed by atoms with Crippen LogP contribution in [0.2, 0.25) is 0 Å². The van der Waals surface area contributed by atoms with Gasteiger partial charge in [-0.3, -0.25) is 4.79 Å². The summed E-state index contributed by atoms with van der Waals surface area (Å²) in [5, 5.41) is 11.9. The molecule has 2 aromatic rings. The van der Waals surface area contributed by atoms with Crippen LogP contribution in [-0.4, -0.2) is 17.6 Å². The molecule has 21 heavy (non-hydrogen) atoms. The van der Waals surface area contributed by atoms with Gasteiger partial charge in [0, 0.05) is 0 Å². The molecule has 4 nitrogen and oxygen atoms in total. The number of rotatable bonds is 5. The first-order chi connectivity index (χ1) is 10.1. The predicted octanol–water partition coefficient (Wildman–Crippen LogP) is 2.90. The summed E-state index contributed by atoms with van der Waals surface area (Å²) < 4.78 is 18.7. The first-order valence-electron chi connectivity index (χ1n) is 6.51. The molecule has 2 rings (SSSR count). The summed E-state index contributed by atoms with van der Waals surface area (Å²) in [7, 11) is 0. The van der Waals surface area contributed by atoms with Gasteiger partial charge in [-0.15, -0.1) is 0 Å². The zero-order valence-electron chi connectivity index (χ0n) is 11.5. The van der Waals surface area contributed by atoms with E-state index in [-0.39, 0.29) is 12.3 Å². The lowest BCUT2D eigenvalue weighted by Gasteiger charge is -2.10. The summed E-state index contributed by atoms with van der Waals surface area (Å²) in [6.45, 7) is 1.40. The van der Waals surface area contributed by atoms with Crippen LogP contribution < -0.4 is 10.1 Å². The minimum absolute atomic E-state index is 0.115. The van der Waals surface area contributed by atoms with Crippen molar-refractivity contribution in [2.75, 3.05) is 11.9 Å². The number of hydrogen-bond acceptors (Lipinski definition) is 3. The molecular formula is C16H16FNO3. The summed E-state index contributed by atoms with van der Waals surface area (Å²) in [5.41, 5.74) is 0.811. The Morgan fingerprint density at radius 2 is 2.05 bits per heavy atom.